The fourth-order valence-electron chi connectivity index (χ4n) is 1.47. The molecule has 4 heteroatoms. The number of allylic oxidation sites excluding steroid dienone is 1. The van der Waals surface area contributed by atoms with E-state index in [9.17, 15) is 4.79 Å². The molecule has 0 saturated carbocycles. The van der Waals surface area contributed by atoms with Gasteiger partial charge >= 0.3 is 0 Å². The summed E-state index contributed by atoms with van der Waals surface area (Å²) in [5.41, 5.74) is 0.773. The van der Waals surface area contributed by atoms with Crippen molar-refractivity contribution in [2.24, 2.45) is 0 Å². The summed E-state index contributed by atoms with van der Waals surface area (Å²) in [5, 5.41) is 7.03. The molecule has 0 radical (unpaired) electrons. The largest absolute Gasteiger partial charge is 0.348 e. The van der Waals surface area contributed by atoms with Crippen molar-refractivity contribution in [2.75, 3.05) is 0 Å². The topological polar surface area (TPSA) is 46.9 Å². The second-order valence-electron chi connectivity index (χ2n) is 3.90. The molecule has 0 fully saturated rings. The number of carbonyl (C=O) groups is 1. The van der Waals surface area contributed by atoms with E-state index in [1.807, 2.05) is 43.8 Å². The molecule has 1 heterocycles. The molecule has 4 nitrogen and oxygen atoms in total. The molecule has 0 aromatic carbocycles. The number of hydrogen-bond acceptors (Lipinski definition) is 2. The Labute approximate surface area is 96.3 Å². The van der Waals surface area contributed by atoms with Crippen molar-refractivity contribution in [2.45, 2.75) is 39.8 Å². The Morgan fingerprint density at radius 3 is 2.94 bits per heavy atom. The molecule has 88 valence electrons. The first kappa shape index (κ1) is 12.5. The lowest BCUT2D eigenvalue weighted by Gasteiger charge is -2.14. The summed E-state index contributed by atoms with van der Waals surface area (Å²) in [5.74, 6) is 0.00139. The summed E-state index contributed by atoms with van der Waals surface area (Å²) in [7, 11) is 0. The maximum Gasteiger partial charge on any atom is 0.246 e. The monoisotopic (exact) mass is 221 g/mol. The van der Waals surface area contributed by atoms with E-state index in [1.54, 1.807) is 6.20 Å². The van der Waals surface area contributed by atoms with E-state index < -0.39 is 0 Å². The van der Waals surface area contributed by atoms with Gasteiger partial charge in [0.2, 0.25) is 5.91 Å². The molecule has 1 aromatic rings. The minimum atomic E-state index is 0.00139. The highest BCUT2D eigenvalue weighted by Crippen LogP contribution is 1.97. The lowest BCUT2D eigenvalue weighted by atomic mass is 10.2. The summed E-state index contributed by atoms with van der Waals surface area (Å²) in [6.45, 7) is 6.51. The van der Waals surface area contributed by atoms with E-state index in [1.165, 1.54) is 0 Å². The summed E-state index contributed by atoms with van der Waals surface area (Å²) < 4.78 is 1.81. The van der Waals surface area contributed by atoms with Gasteiger partial charge in [-0.1, -0.05) is 13.0 Å². The molecule has 0 bridgehead atoms. The fourth-order valence-corrected chi connectivity index (χ4v) is 1.47. The Hall–Kier alpha value is -1.58. The molecule has 1 amide bonds. The first-order chi connectivity index (χ1) is 7.63. The number of carbonyl (C=O) groups excluding carboxylic acids is 1. The molecular formula is C12H19N3O. The Morgan fingerprint density at radius 2 is 2.38 bits per heavy atom. The van der Waals surface area contributed by atoms with Gasteiger partial charge in [0.15, 0.2) is 0 Å². The van der Waals surface area contributed by atoms with E-state index >= 15 is 0 Å². The van der Waals surface area contributed by atoms with Gasteiger partial charge in [-0.2, -0.15) is 5.10 Å². The summed E-state index contributed by atoms with van der Waals surface area (Å²) in [6.07, 6.45) is 6.43. The van der Waals surface area contributed by atoms with Crippen LogP contribution in [-0.4, -0.2) is 21.7 Å². The zero-order valence-corrected chi connectivity index (χ0v) is 10.1. The van der Waals surface area contributed by atoms with Gasteiger partial charge in [0.25, 0.3) is 0 Å². The summed E-state index contributed by atoms with van der Waals surface area (Å²) >= 11 is 0. The molecule has 0 aliphatic carbocycles. The van der Waals surface area contributed by atoms with Crippen molar-refractivity contribution in [3.63, 3.8) is 0 Å². The molecule has 0 saturated heterocycles. The van der Waals surface area contributed by atoms with Crippen LogP contribution < -0.4 is 5.32 Å². The zero-order valence-electron chi connectivity index (χ0n) is 10.1. The molecule has 1 N–H and O–H groups in total. The number of amides is 1. The highest BCUT2D eigenvalue weighted by atomic mass is 16.1. The molecule has 1 atom stereocenters. The predicted molar refractivity (Wildman–Crippen MR) is 63.9 cm³/mol. The number of hydrogen-bond donors (Lipinski definition) is 1. The van der Waals surface area contributed by atoms with Gasteiger partial charge in [-0.3, -0.25) is 9.48 Å². The van der Waals surface area contributed by atoms with E-state index in [-0.39, 0.29) is 11.9 Å². The molecule has 1 rings (SSSR count). The molecule has 0 unspecified atom stereocenters. The van der Waals surface area contributed by atoms with Crippen LogP contribution in [0.1, 0.15) is 27.2 Å². The van der Waals surface area contributed by atoms with Gasteiger partial charge in [0.1, 0.15) is 0 Å². The predicted octanol–water partition coefficient (Wildman–Crippen LogP) is 1.74. The van der Waals surface area contributed by atoms with Crippen molar-refractivity contribution in [1.82, 2.24) is 15.1 Å². The quantitative estimate of drug-likeness (QED) is 0.770. The SMILES string of the molecule is CC/C=C(/C)C(=O)N[C@@H](C)Cn1cccn1. The third-order valence-electron chi connectivity index (χ3n) is 2.27. The van der Waals surface area contributed by atoms with Gasteiger partial charge in [-0.05, 0) is 26.3 Å². The number of aromatic nitrogens is 2. The van der Waals surface area contributed by atoms with E-state index in [0.29, 0.717) is 6.54 Å². The molecular weight excluding hydrogens is 202 g/mol. The van der Waals surface area contributed by atoms with Crippen LogP contribution in [0.3, 0.4) is 0 Å². The molecule has 0 aliphatic heterocycles. The molecule has 1 aromatic heterocycles. The van der Waals surface area contributed by atoms with Crippen LogP contribution in [0.5, 0.6) is 0 Å². The van der Waals surface area contributed by atoms with Gasteiger partial charge < -0.3 is 5.32 Å². The molecule has 0 aliphatic rings. The minimum Gasteiger partial charge on any atom is -0.348 e. The summed E-state index contributed by atoms with van der Waals surface area (Å²) in [4.78, 5) is 11.7. The molecule has 16 heavy (non-hydrogen) atoms. The van der Waals surface area contributed by atoms with E-state index in [2.05, 4.69) is 10.4 Å². The maximum atomic E-state index is 11.7. The average Bonchev–Trinajstić information content (AvgIpc) is 2.70. The smallest absolute Gasteiger partial charge is 0.246 e. The van der Waals surface area contributed by atoms with Gasteiger partial charge in [0.05, 0.1) is 6.54 Å². The zero-order chi connectivity index (χ0) is 12.0. The van der Waals surface area contributed by atoms with Crippen LogP contribution in [0.15, 0.2) is 30.1 Å². The number of nitrogens with one attached hydrogen (secondary N) is 1. The number of nitrogens with zero attached hydrogens (tertiary/aromatic N) is 2. The molecule has 0 spiro atoms. The second kappa shape index (κ2) is 6.10. The Balaban J connectivity index is 2.42. The highest BCUT2D eigenvalue weighted by molar-refractivity contribution is 5.92. The van der Waals surface area contributed by atoms with Crippen LogP contribution in [-0.2, 0) is 11.3 Å². The van der Waals surface area contributed by atoms with Crippen LogP contribution >= 0.6 is 0 Å². The van der Waals surface area contributed by atoms with E-state index in [4.69, 9.17) is 0 Å². The van der Waals surface area contributed by atoms with Crippen molar-refractivity contribution >= 4 is 5.91 Å². The maximum absolute atomic E-state index is 11.7. The highest BCUT2D eigenvalue weighted by Gasteiger charge is 2.08. The average molecular weight is 221 g/mol. The van der Waals surface area contributed by atoms with Crippen LogP contribution in [0.2, 0.25) is 0 Å². The van der Waals surface area contributed by atoms with Gasteiger partial charge in [-0.15, -0.1) is 0 Å². The van der Waals surface area contributed by atoms with Gasteiger partial charge in [-0.25, -0.2) is 0 Å². The third-order valence-corrected chi connectivity index (χ3v) is 2.27. The lowest BCUT2D eigenvalue weighted by molar-refractivity contribution is -0.118. The van der Waals surface area contributed by atoms with Crippen LogP contribution in [0.4, 0.5) is 0 Å². The normalized spacial score (nSPS) is 13.6. The Bertz CT molecular complexity index is 354. The van der Waals surface area contributed by atoms with Crippen LogP contribution in [0, 0.1) is 0 Å². The van der Waals surface area contributed by atoms with Crippen molar-refractivity contribution in [3.05, 3.63) is 30.1 Å². The van der Waals surface area contributed by atoms with Crippen molar-refractivity contribution < 1.29 is 4.79 Å². The van der Waals surface area contributed by atoms with E-state index in [0.717, 1.165) is 12.0 Å². The summed E-state index contributed by atoms with van der Waals surface area (Å²) in [6, 6.07) is 1.95. The lowest BCUT2D eigenvalue weighted by Crippen LogP contribution is -2.36. The Kier molecular flexibility index (Phi) is 4.76. The van der Waals surface area contributed by atoms with Gasteiger partial charge in [0, 0.05) is 24.0 Å². The standard InChI is InChI=1S/C12H19N3O/c1-4-6-10(2)12(16)14-11(3)9-15-8-5-7-13-15/h5-8,11H,4,9H2,1-3H3,(H,14,16)/b10-6-/t11-/m0/s1. The number of rotatable bonds is 5. The fraction of sp³-hybridized carbons (Fsp3) is 0.500. The van der Waals surface area contributed by atoms with Crippen molar-refractivity contribution in [3.8, 4) is 0 Å². The van der Waals surface area contributed by atoms with Crippen LogP contribution in [0.25, 0.3) is 0 Å². The third kappa shape index (κ3) is 3.88. The minimum absolute atomic E-state index is 0.00139. The Morgan fingerprint density at radius 1 is 1.62 bits per heavy atom. The first-order valence-corrected chi connectivity index (χ1v) is 5.58. The first-order valence-electron chi connectivity index (χ1n) is 5.58. The second-order valence-corrected chi connectivity index (χ2v) is 3.90. The van der Waals surface area contributed by atoms with Crippen molar-refractivity contribution in [1.29, 1.82) is 0 Å².